The second kappa shape index (κ2) is 2.65. The van der Waals surface area contributed by atoms with E-state index in [1.807, 2.05) is 0 Å². The van der Waals surface area contributed by atoms with Gasteiger partial charge in [-0.3, -0.25) is 5.73 Å². The molecule has 4 atom stereocenters. The first-order valence-electron chi connectivity index (χ1n) is 4.02. The summed E-state index contributed by atoms with van der Waals surface area (Å²) in [5.74, 6) is -0.104. The molecule has 0 aromatic rings. The molecule has 0 aromatic carbocycles. The van der Waals surface area contributed by atoms with Gasteiger partial charge < -0.3 is 19.7 Å². The Morgan fingerprint density at radius 1 is 1.50 bits per heavy atom. The van der Waals surface area contributed by atoms with Crippen molar-refractivity contribution in [2.24, 2.45) is 11.7 Å². The minimum atomic E-state index is -1.09. The van der Waals surface area contributed by atoms with Gasteiger partial charge in [-0.1, -0.05) is 0 Å². The highest BCUT2D eigenvalue weighted by molar-refractivity contribution is 5.03. The average molecular weight is 175 g/mol. The highest BCUT2D eigenvalue weighted by atomic mass is 16.6. The highest BCUT2D eigenvalue weighted by Crippen LogP contribution is 2.36. The Morgan fingerprint density at radius 2 is 2.25 bits per heavy atom. The molecular formula is C7H13NO4. The van der Waals surface area contributed by atoms with Crippen LogP contribution in [0.2, 0.25) is 0 Å². The molecule has 5 heteroatoms. The van der Waals surface area contributed by atoms with Crippen LogP contribution in [-0.2, 0) is 9.47 Å². The summed E-state index contributed by atoms with van der Waals surface area (Å²) in [5, 5.41) is 18.3. The molecule has 2 rings (SSSR count). The molecule has 2 unspecified atom stereocenters. The van der Waals surface area contributed by atoms with Crippen LogP contribution in [0.3, 0.4) is 0 Å². The smallest absolute Gasteiger partial charge is 0.171 e. The van der Waals surface area contributed by atoms with E-state index in [2.05, 4.69) is 0 Å². The molecule has 2 saturated heterocycles. The molecule has 5 nitrogen and oxygen atoms in total. The maximum Gasteiger partial charge on any atom is 0.171 e. The van der Waals surface area contributed by atoms with Crippen LogP contribution in [0, 0.1) is 5.92 Å². The fourth-order valence-corrected chi connectivity index (χ4v) is 1.81. The number of fused-ring (bicyclic) bond motifs is 1. The Hall–Kier alpha value is -0.200. The van der Waals surface area contributed by atoms with E-state index in [0.29, 0.717) is 6.61 Å². The van der Waals surface area contributed by atoms with Gasteiger partial charge in [0.05, 0.1) is 19.8 Å². The van der Waals surface area contributed by atoms with Crippen molar-refractivity contribution in [3.63, 3.8) is 0 Å². The van der Waals surface area contributed by atoms with Crippen LogP contribution in [0.5, 0.6) is 0 Å². The van der Waals surface area contributed by atoms with Gasteiger partial charge in [0.25, 0.3) is 0 Å². The summed E-state index contributed by atoms with van der Waals surface area (Å²) in [6, 6.07) is 0. The Kier molecular flexibility index (Phi) is 1.85. The molecule has 0 amide bonds. The fourth-order valence-electron chi connectivity index (χ4n) is 1.81. The summed E-state index contributed by atoms with van der Waals surface area (Å²) in [5.41, 5.74) is 4.68. The third-order valence-electron chi connectivity index (χ3n) is 2.61. The van der Waals surface area contributed by atoms with Gasteiger partial charge in [-0.25, -0.2) is 0 Å². The number of hydrogen-bond acceptors (Lipinski definition) is 5. The minimum Gasteiger partial charge on any atom is -0.396 e. The highest BCUT2D eigenvalue weighted by Gasteiger charge is 2.57. The molecule has 0 aliphatic carbocycles. The lowest BCUT2D eigenvalue weighted by Crippen LogP contribution is -2.54. The van der Waals surface area contributed by atoms with E-state index in [9.17, 15) is 5.11 Å². The first-order valence-corrected chi connectivity index (χ1v) is 4.02. The van der Waals surface area contributed by atoms with Crippen molar-refractivity contribution in [3.8, 4) is 0 Å². The molecule has 12 heavy (non-hydrogen) atoms. The van der Waals surface area contributed by atoms with Gasteiger partial charge in [-0.05, 0) is 0 Å². The third-order valence-corrected chi connectivity index (χ3v) is 2.61. The number of aliphatic hydroxyl groups excluding tert-OH is 2. The van der Waals surface area contributed by atoms with Crippen molar-refractivity contribution in [2.45, 2.75) is 17.9 Å². The summed E-state index contributed by atoms with van der Waals surface area (Å²) in [6.07, 6.45) is -1.14. The van der Waals surface area contributed by atoms with E-state index < -0.39 is 11.8 Å². The molecular weight excluding hydrogens is 162 g/mol. The molecule has 4 N–H and O–H groups in total. The molecule has 0 aromatic heterocycles. The van der Waals surface area contributed by atoms with Gasteiger partial charge in [-0.2, -0.15) is 0 Å². The summed E-state index contributed by atoms with van der Waals surface area (Å²) >= 11 is 0. The van der Waals surface area contributed by atoms with Crippen LogP contribution >= 0.6 is 0 Å². The van der Waals surface area contributed by atoms with Crippen LogP contribution in [0.15, 0.2) is 0 Å². The van der Waals surface area contributed by atoms with Crippen LogP contribution < -0.4 is 5.73 Å². The molecule has 0 saturated carbocycles. The molecule has 0 radical (unpaired) electrons. The number of ether oxygens (including phenoxy) is 2. The summed E-state index contributed by atoms with van der Waals surface area (Å²) in [4.78, 5) is 0. The van der Waals surface area contributed by atoms with Gasteiger partial charge >= 0.3 is 0 Å². The minimum absolute atomic E-state index is 0.0175. The molecule has 2 heterocycles. The van der Waals surface area contributed by atoms with E-state index in [4.69, 9.17) is 20.3 Å². The molecule has 70 valence electrons. The quantitative estimate of drug-likeness (QED) is 0.431. The van der Waals surface area contributed by atoms with Crippen LogP contribution in [0.1, 0.15) is 0 Å². The van der Waals surface area contributed by atoms with E-state index >= 15 is 0 Å². The lowest BCUT2D eigenvalue weighted by molar-refractivity contribution is -0.0715. The van der Waals surface area contributed by atoms with Crippen molar-refractivity contribution < 1.29 is 19.7 Å². The Bertz CT molecular complexity index is 188. The molecule has 0 bridgehead atoms. The monoisotopic (exact) mass is 175 g/mol. The zero-order chi connectivity index (χ0) is 8.77. The van der Waals surface area contributed by atoms with Crippen LogP contribution in [0.4, 0.5) is 0 Å². The standard InChI is InChI=1S/C7H13NO4/c8-7-5(10)3-11-6(7)4(1-9)2-12-7/h4-6,9-10H,1-3,8H2/t4-,5?,6?,7-/m1/s1. The van der Waals surface area contributed by atoms with Gasteiger partial charge in [0.1, 0.15) is 12.2 Å². The molecule has 0 spiro atoms. The Morgan fingerprint density at radius 3 is 2.92 bits per heavy atom. The van der Waals surface area contributed by atoms with Gasteiger partial charge in [0.15, 0.2) is 5.72 Å². The molecule has 2 fully saturated rings. The second-order valence-corrected chi connectivity index (χ2v) is 3.38. The van der Waals surface area contributed by atoms with Crippen molar-refractivity contribution in [3.05, 3.63) is 0 Å². The van der Waals surface area contributed by atoms with Crippen molar-refractivity contribution in [2.75, 3.05) is 19.8 Å². The Labute approximate surface area is 70.1 Å². The zero-order valence-corrected chi connectivity index (χ0v) is 6.64. The predicted molar refractivity (Wildman–Crippen MR) is 39.2 cm³/mol. The lowest BCUT2D eigenvalue weighted by atomic mass is 9.97. The third kappa shape index (κ3) is 0.915. The van der Waals surface area contributed by atoms with Crippen molar-refractivity contribution >= 4 is 0 Å². The van der Waals surface area contributed by atoms with Crippen molar-refractivity contribution in [1.29, 1.82) is 0 Å². The number of aliphatic hydroxyl groups is 2. The largest absolute Gasteiger partial charge is 0.396 e. The van der Waals surface area contributed by atoms with Gasteiger partial charge in [0.2, 0.25) is 0 Å². The first-order chi connectivity index (χ1) is 5.68. The predicted octanol–water partition coefficient (Wildman–Crippen LogP) is -1.96. The van der Waals surface area contributed by atoms with Crippen LogP contribution in [-0.4, -0.2) is 48.0 Å². The second-order valence-electron chi connectivity index (χ2n) is 3.38. The summed E-state index contributed by atoms with van der Waals surface area (Å²) in [6.45, 7) is 0.530. The van der Waals surface area contributed by atoms with E-state index in [0.717, 1.165) is 0 Å². The molecule has 2 aliphatic rings. The lowest BCUT2D eigenvalue weighted by Gasteiger charge is -2.24. The van der Waals surface area contributed by atoms with E-state index in [1.165, 1.54) is 0 Å². The number of nitrogens with two attached hydrogens (primary N) is 1. The maximum absolute atomic E-state index is 9.42. The zero-order valence-electron chi connectivity index (χ0n) is 6.64. The van der Waals surface area contributed by atoms with Gasteiger partial charge in [-0.15, -0.1) is 0 Å². The van der Waals surface area contributed by atoms with Crippen molar-refractivity contribution in [1.82, 2.24) is 0 Å². The maximum atomic E-state index is 9.42. The SMILES string of the molecule is N[C@]12OC[C@@H](CO)C1OCC2O. The summed E-state index contributed by atoms with van der Waals surface area (Å²) < 4.78 is 10.5. The normalized spacial score (nSPS) is 52.8. The first kappa shape index (κ1) is 8.40. The van der Waals surface area contributed by atoms with Gasteiger partial charge in [0, 0.05) is 5.92 Å². The number of rotatable bonds is 1. The average Bonchev–Trinajstić information content (AvgIpc) is 2.51. The number of hydrogen-bond donors (Lipinski definition) is 3. The fraction of sp³-hybridized carbons (Fsp3) is 1.00. The Balaban J connectivity index is 2.17. The van der Waals surface area contributed by atoms with E-state index in [1.54, 1.807) is 0 Å². The summed E-state index contributed by atoms with van der Waals surface area (Å²) in [7, 11) is 0. The molecule has 2 aliphatic heterocycles. The topological polar surface area (TPSA) is 84.9 Å². The van der Waals surface area contributed by atoms with Crippen LogP contribution in [0.25, 0.3) is 0 Å². The van der Waals surface area contributed by atoms with E-state index in [-0.39, 0.29) is 25.2 Å².